The molecule has 134 valence electrons. The predicted octanol–water partition coefficient (Wildman–Crippen LogP) is 4.84. The molecule has 4 heteroatoms. The average molecular weight is 366 g/mol. The van der Waals surface area contributed by atoms with E-state index >= 15 is 0 Å². The molecule has 0 N–H and O–H groups in total. The molecule has 1 aliphatic heterocycles. The van der Waals surface area contributed by atoms with Gasteiger partial charge in [0.05, 0.1) is 11.4 Å². The van der Waals surface area contributed by atoms with Crippen LogP contribution in [-0.4, -0.2) is 28.7 Å². The van der Waals surface area contributed by atoms with E-state index in [1.54, 1.807) is 0 Å². The van der Waals surface area contributed by atoms with Gasteiger partial charge in [-0.3, -0.25) is 0 Å². The minimum atomic E-state index is 0. The number of fused-ring (bicyclic) bond motifs is 1. The van der Waals surface area contributed by atoms with Crippen molar-refractivity contribution in [1.29, 1.82) is 0 Å². The first-order chi connectivity index (χ1) is 12.2. The number of aryl methyl sites for hydroxylation is 1. The second-order valence-electron chi connectivity index (χ2n) is 6.96. The molecular weight excluding hydrogens is 342 g/mol. The first kappa shape index (κ1) is 18.6. The van der Waals surface area contributed by atoms with Crippen molar-refractivity contribution in [1.82, 2.24) is 15.1 Å². The highest BCUT2D eigenvalue weighted by Crippen LogP contribution is 2.35. The van der Waals surface area contributed by atoms with Crippen molar-refractivity contribution < 1.29 is 0 Å². The van der Waals surface area contributed by atoms with Crippen LogP contribution in [-0.2, 0) is 6.54 Å². The molecule has 3 aromatic rings. The third-order valence-corrected chi connectivity index (χ3v) is 5.05. The number of benzene rings is 2. The van der Waals surface area contributed by atoms with Crippen molar-refractivity contribution >= 4 is 12.4 Å². The molecule has 2 aromatic carbocycles. The lowest BCUT2D eigenvalue weighted by Gasteiger charge is -2.18. The largest absolute Gasteiger partial charge is 0.302 e. The average Bonchev–Trinajstić information content (AvgIpc) is 2.80. The first-order valence-electron chi connectivity index (χ1n) is 8.88. The SMILES string of the molecule is Cc1ccc(-c2ccc3c(c2)CN(C)CCC3c2ccccc2)nn1.Cl. The van der Waals surface area contributed by atoms with Crippen LogP contribution in [0.1, 0.15) is 34.7 Å². The van der Waals surface area contributed by atoms with Gasteiger partial charge in [-0.25, -0.2) is 0 Å². The molecule has 0 amide bonds. The fourth-order valence-corrected chi connectivity index (χ4v) is 3.70. The van der Waals surface area contributed by atoms with Crippen molar-refractivity contribution in [2.24, 2.45) is 0 Å². The van der Waals surface area contributed by atoms with E-state index in [-0.39, 0.29) is 12.4 Å². The zero-order chi connectivity index (χ0) is 17.2. The van der Waals surface area contributed by atoms with Crippen LogP contribution in [0.4, 0.5) is 0 Å². The van der Waals surface area contributed by atoms with Gasteiger partial charge in [0.2, 0.25) is 0 Å². The van der Waals surface area contributed by atoms with E-state index in [9.17, 15) is 0 Å². The molecule has 4 rings (SSSR count). The maximum absolute atomic E-state index is 4.35. The predicted molar refractivity (Wildman–Crippen MR) is 109 cm³/mol. The molecule has 0 radical (unpaired) electrons. The third-order valence-electron chi connectivity index (χ3n) is 5.05. The fourth-order valence-electron chi connectivity index (χ4n) is 3.70. The van der Waals surface area contributed by atoms with E-state index in [0.717, 1.165) is 36.5 Å². The lowest BCUT2D eigenvalue weighted by molar-refractivity contribution is 0.328. The standard InChI is InChI=1S/C22H23N3.ClH/c1-16-8-11-22(24-23-16)18-9-10-20-19(14-18)15-25(2)13-12-21(20)17-6-4-3-5-7-17;/h3-11,14,21H,12-13,15H2,1-2H3;1H. The minimum Gasteiger partial charge on any atom is -0.302 e. The zero-order valence-corrected chi connectivity index (χ0v) is 16.0. The number of rotatable bonds is 2. The Morgan fingerprint density at radius 1 is 0.962 bits per heavy atom. The lowest BCUT2D eigenvalue weighted by atomic mass is 9.86. The van der Waals surface area contributed by atoms with E-state index in [1.807, 2.05) is 13.0 Å². The smallest absolute Gasteiger partial charge is 0.0929 e. The Labute approximate surface area is 161 Å². The molecule has 26 heavy (non-hydrogen) atoms. The summed E-state index contributed by atoms with van der Waals surface area (Å²) in [6, 6.07) is 21.7. The number of halogens is 1. The molecule has 1 atom stereocenters. The number of aromatic nitrogens is 2. The van der Waals surface area contributed by atoms with Gasteiger partial charge in [0.15, 0.2) is 0 Å². The Kier molecular flexibility index (Phi) is 5.70. The summed E-state index contributed by atoms with van der Waals surface area (Å²) in [7, 11) is 2.20. The molecule has 0 bridgehead atoms. The molecule has 2 heterocycles. The van der Waals surface area contributed by atoms with Crippen LogP contribution < -0.4 is 0 Å². The molecule has 0 saturated carbocycles. The van der Waals surface area contributed by atoms with E-state index < -0.39 is 0 Å². The van der Waals surface area contributed by atoms with Crippen LogP contribution in [0.5, 0.6) is 0 Å². The Morgan fingerprint density at radius 2 is 1.77 bits per heavy atom. The molecule has 1 aliphatic rings. The quantitative estimate of drug-likeness (QED) is 0.650. The van der Waals surface area contributed by atoms with Gasteiger partial charge >= 0.3 is 0 Å². The number of hydrogen-bond acceptors (Lipinski definition) is 3. The summed E-state index contributed by atoms with van der Waals surface area (Å²) in [6.07, 6.45) is 1.15. The minimum absolute atomic E-state index is 0. The highest BCUT2D eigenvalue weighted by Gasteiger charge is 2.22. The van der Waals surface area contributed by atoms with Gasteiger partial charge in [-0.15, -0.1) is 12.4 Å². The molecule has 0 spiro atoms. The fraction of sp³-hybridized carbons (Fsp3) is 0.273. The Hall–Kier alpha value is -2.23. The van der Waals surface area contributed by atoms with Gasteiger partial charge in [0, 0.05) is 18.0 Å². The van der Waals surface area contributed by atoms with Gasteiger partial charge < -0.3 is 4.90 Å². The summed E-state index contributed by atoms with van der Waals surface area (Å²) in [5, 5.41) is 8.56. The van der Waals surface area contributed by atoms with E-state index in [4.69, 9.17) is 0 Å². The summed E-state index contributed by atoms with van der Waals surface area (Å²) in [6.45, 7) is 4.05. The van der Waals surface area contributed by atoms with Crippen LogP contribution in [0.15, 0.2) is 60.7 Å². The second kappa shape index (κ2) is 7.98. The zero-order valence-electron chi connectivity index (χ0n) is 15.2. The van der Waals surface area contributed by atoms with Crippen molar-refractivity contribution in [2.45, 2.75) is 25.8 Å². The first-order valence-corrected chi connectivity index (χ1v) is 8.88. The van der Waals surface area contributed by atoms with E-state index in [2.05, 4.69) is 76.7 Å². The van der Waals surface area contributed by atoms with Crippen LogP contribution in [0.25, 0.3) is 11.3 Å². The summed E-state index contributed by atoms with van der Waals surface area (Å²) in [4.78, 5) is 2.41. The van der Waals surface area contributed by atoms with Crippen LogP contribution >= 0.6 is 12.4 Å². The lowest BCUT2D eigenvalue weighted by Crippen LogP contribution is -2.17. The van der Waals surface area contributed by atoms with Gasteiger partial charge in [-0.05, 0) is 61.8 Å². The maximum atomic E-state index is 4.35. The van der Waals surface area contributed by atoms with Crippen LogP contribution in [0.3, 0.4) is 0 Å². The molecule has 0 fully saturated rings. The van der Waals surface area contributed by atoms with Gasteiger partial charge in [0.1, 0.15) is 0 Å². The van der Waals surface area contributed by atoms with Crippen molar-refractivity contribution in [3.63, 3.8) is 0 Å². The highest BCUT2D eigenvalue weighted by atomic mass is 35.5. The summed E-state index contributed by atoms with van der Waals surface area (Å²) in [5.74, 6) is 0.458. The number of hydrogen-bond donors (Lipinski definition) is 0. The van der Waals surface area contributed by atoms with Crippen LogP contribution in [0, 0.1) is 6.92 Å². The normalized spacial score (nSPS) is 17.1. The molecule has 0 saturated heterocycles. The van der Waals surface area contributed by atoms with Crippen molar-refractivity contribution in [3.05, 3.63) is 83.0 Å². The van der Waals surface area contributed by atoms with Gasteiger partial charge in [-0.2, -0.15) is 10.2 Å². The molecule has 1 unspecified atom stereocenters. The molecule has 0 aliphatic carbocycles. The van der Waals surface area contributed by atoms with Crippen LogP contribution in [0.2, 0.25) is 0 Å². The van der Waals surface area contributed by atoms with E-state index in [0.29, 0.717) is 5.92 Å². The topological polar surface area (TPSA) is 29.0 Å². The van der Waals surface area contributed by atoms with Crippen molar-refractivity contribution in [3.8, 4) is 11.3 Å². The molecule has 3 nitrogen and oxygen atoms in total. The van der Waals surface area contributed by atoms with E-state index in [1.165, 1.54) is 16.7 Å². The Balaban J connectivity index is 0.00000196. The summed E-state index contributed by atoms with van der Waals surface area (Å²) >= 11 is 0. The Bertz CT molecular complexity index is 862. The Morgan fingerprint density at radius 3 is 2.50 bits per heavy atom. The third kappa shape index (κ3) is 3.79. The highest BCUT2D eigenvalue weighted by molar-refractivity contribution is 5.85. The summed E-state index contributed by atoms with van der Waals surface area (Å²) in [5.41, 5.74) is 7.28. The molecular formula is C22H24ClN3. The van der Waals surface area contributed by atoms with Gasteiger partial charge in [0.25, 0.3) is 0 Å². The second-order valence-corrected chi connectivity index (χ2v) is 6.96. The number of nitrogens with zero attached hydrogens (tertiary/aromatic N) is 3. The van der Waals surface area contributed by atoms with Crippen molar-refractivity contribution in [2.75, 3.05) is 13.6 Å². The summed E-state index contributed by atoms with van der Waals surface area (Å²) < 4.78 is 0. The monoisotopic (exact) mass is 365 g/mol. The van der Waals surface area contributed by atoms with Gasteiger partial charge in [-0.1, -0.05) is 42.5 Å². The maximum Gasteiger partial charge on any atom is 0.0929 e. The molecule has 1 aromatic heterocycles.